The van der Waals surface area contributed by atoms with Crippen molar-refractivity contribution in [3.63, 3.8) is 0 Å². The van der Waals surface area contributed by atoms with E-state index in [-0.39, 0.29) is 11.7 Å². The van der Waals surface area contributed by atoms with Gasteiger partial charge in [0.15, 0.2) is 0 Å². The minimum Gasteiger partial charge on any atom is -0.329 e. The molecule has 4 nitrogen and oxygen atoms in total. The van der Waals surface area contributed by atoms with E-state index >= 15 is 0 Å². The number of carbonyl (C=O) groups excluding carboxylic acids is 1. The summed E-state index contributed by atoms with van der Waals surface area (Å²) in [6.07, 6.45) is 0. The quantitative estimate of drug-likeness (QED) is 0.780. The fourth-order valence-corrected chi connectivity index (χ4v) is 1.47. The molecule has 1 amide bonds. The maximum Gasteiger partial charge on any atom is 0.238 e. The summed E-state index contributed by atoms with van der Waals surface area (Å²) in [5.41, 5.74) is 6.03. The van der Waals surface area contributed by atoms with E-state index in [9.17, 15) is 9.18 Å². The molecule has 0 radical (unpaired) electrons. The highest BCUT2D eigenvalue weighted by Gasteiger charge is 2.08. The number of amides is 1. The van der Waals surface area contributed by atoms with Crippen LogP contribution in [0.25, 0.3) is 0 Å². The topological polar surface area (TPSA) is 58.4 Å². The van der Waals surface area contributed by atoms with Gasteiger partial charge in [0.25, 0.3) is 0 Å². The molecule has 3 N–H and O–H groups in total. The van der Waals surface area contributed by atoms with E-state index < -0.39 is 0 Å². The van der Waals surface area contributed by atoms with Gasteiger partial charge < -0.3 is 11.1 Å². The monoisotopic (exact) mass is 239 g/mol. The Bertz CT molecular complexity index is 353. The van der Waals surface area contributed by atoms with Gasteiger partial charge in [-0.05, 0) is 30.8 Å². The molecule has 94 valence electrons. The molecule has 0 heterocycles. The fourth-order valence-electron chi connectivity index (χ4n) is 1.47. The number of nitrogens with zero attached hydrogens (tertiary/aromatic N) is 1. The first-order valence-electron chi connectivity index (χ1n) is 5.63. The third-order valence-electron chi connectivity index (χ3n) is 2.39. The SMILES string of the molecule is CCN(CCN)CC(=O)Nc1ccc(F)cc1. The van der Waals surface area contributed by atoms with Crippen LogP contribution in [0, 0.1) is 5.82 Å². The van der Waals surface area contributed by atoms with Gasteiger partial charge in [0, 0.05) is 18.8 Å². The standard InChI is InChI=1S/C12H18FN3O/c1-2-16(8-7-14)9-12(17)15-11-5-3-10(13)4-6-11/h3-6H,2,7-9,14H2,1H3,(H,15,17). The smallest absolute Gasteiger partial charge is 0.238 e. The highest BCUT2D eigenvalue weighted by molar-refractivity contribution is 5.92. The number of benzene rings is 1. The molecular weight excluding hydrogens is 221 g/mol. The van der Waals surface area contributed by atoms with Crippen molar-refractivity contribution in [2.24, 2.45) is 5.73 Å². The average Bonchev–Trinajstić information content (AvgIpc) is 2.31. The Morgan fingerprint density at radius 2 is 2.06 bits per heavy atom. The van der Waals surface area contributed by atoms with Crippen molar-refractivity contribution in [3.05, 3.63) is 30.1 Å². The number of carbonyl (C=O) groups is 1. The number of hydrogen-bond acceptors (Lipinski definition) is 3. The molecule has 0 aromatic heterocycles. The minimum atomic E-state index is -0.318. The summed E-state index contributed by atoms with van der Waals surface area (Å²) < 4.78 is 12.7. The zero-order valence-corrected chi connectivity index (χ0v) is 9.95. The van der Waals surface area contributed by atoms with Crippen LogP contribution in [-0.2, 0) is 4.79 Å². The van der Waals surface area contributed by atoms with E-state index in [2.05, 4.69) is 5.32 Å². The van der Waals surface area contributed by atoms with E-state index in [1.807, 2.05) is 11.8 Å². The van der Waals surface area contributed by atoms with Crippen LogP contribution in [0.4, 0.5) is 10.1 Å². The van der Waals surface area contributed by atoms with Gasteiger partial charge in [-0.15, -0.1) is 0 Å². The summed E-state index contributed by atoms with van der Waals surface area (Å²) in [5.74, 6) is -0.437. The highest BCUT2D eigenvalue weighted by Crippen LogP contribution is 2.07. The largest absolute Gasteiger partial charge is 0.329 e. The molecule has 1 aromatic rings. The predicted octanol–water partition coefficient (Wildman–Crippen LogP) is 1.04. The maximum atomic E-state index is 12.7. The number of hydrogen-bond donors (Lipinski definition) is 2. The molecule has 0 aliphatic heterocycles. The number of rotatable bonds is 6. The van der Waals surface area contributed by atoms with E-state index in [4.69, 9.17) is 5.73 Å². The molecular formula is C12H18FN3O. The van der Waals surface area contributed by atoms with Crippen molar-refractivity contribution in [1.29, 1.82) is 0 Å². The Labute approximate surface area is 101 Å². The first-order chi connectivity index (χ1) is 8.15. The number of nitrogens with one attached hydrogen (secondary N) is 1. The number of likely N-dealkylation sites (N-methyl/N-ethyl adjacent to an activating group) is 1. The van der Waals surface area contributed by atoms with Gasteiger partial charge in [-0.2, -0.15) is 0 Å². The fraction of sp³-hybridized carbons (Fsp3) is 0.417. The summed E-state index contributed by atoms with van der Waals surface area (Å²) in [6, 6.07) is 5.69. The lowest BCUT2D eigenvalue weighted by Crippen LogP contribution is -2.36. The Balaban J connectivity index is 2.46. The molecule has 5 heteroatoms. The van der Waals surface area contributed by atoms with Crippen LogP contribution in [0.5, 0.6) is 0 Å². The molecule has 0 atom stereocenters. The molecule has 0 spiro atoms. The van der Waals surface area contributed by atoms with E-state index in [0.717, 1.165) is 6.54 Å². The molecule has 1 aromatic carbocycles. The van der Waals surface area contributed by atoms with Crippen LogP contribution in [-0.4, -0.2) is 37.0 Å². The summed E-state index contributed by atoms with van der Waals surface area (Å²) in [4.78, 5) is 13.6. The summed E-state index contributed by atoms with van der Waals surface area (Å²) in [7, 11) is 0. The molecule has 17 heavy (non-hydrogen) atoms. The second-order valence-corrected chi connectivity index (χ2v) is 3.71. The van der Waals surface area contributed by atoms with Gasteiger partial charge in [-0.3, -0.25) is 9.69 Å². The van der Waals surface area contributed by atoms with Crippen LogP contribution in [0.1, 0.15) is 6.92 Å². The van der Waals surface area contributed by atoms with Crippen LogP contribution < -0.4 is 11.1 Å². The van der Waals surface area contributed by atoms with Crippen molar-refractivity contribution < 1.29 is 9.18 Å². The minimum absolute atomic E-state index is 0.119. The van der Waals surface area contributed by atoms with Gasteiger partial charge >= 0.3 is 0 Å². The Hall–Kier alpha value is -1.46. The summed E-state index contributed by atoms with van der Waals surface area (Å²) in [6.45, 7) is 4.25. The van der Waals surface area contributed by atoms with Crippen LogP contribution in [0.15, 0.2) is 24.3 Å². The maximum absolute atomic E-state index is 12.7. The molecule has 0 aliphatic rings. The molecule has 1 rings (SSSR count). The van der Waals surface area contributed by atoms with Crippen molar-refractivity contribution >= 4 is 11.6 Å². The zero-order valence-electron chi connectivity index (χ0n) is 9.95. The first kappa shape index (κ1) is 13.6. The third kappa shape index (κ3) is 4.93. The van der Waals surface area contributed by atoms with E-state index in [1.54, 1.807) is 0 Å². The van der Waals surface area contributed by atoms with Gasteiger partial charge in [0.2, 0.25) is 5.91 Å². The molecule has 0 aliphatic carbocycles. The summed E-state index contributed by atoms with van der Waals surface area (Å²) >= 11 is 0. The van der Waals surface area contributed by atoms with Crippen LogP contribution in [0.3, 0.4) is 0 Å². The molecule has 0 bridgehead atoms. The van der Waals surface area contributed by atoms with Crippen LogP contribution >= 0.6 is 0 Å². The molecule has 0 unspecified atom stereocenters. The number of anilines is 1. The Kier molecular flexibility index (Phi) is 5.59. The lowest BCUT2D eigenvalue weighted by atomic mass is 10.3. The number of nitrogens with two attached hydrogens (primary N) is 1. The molecule has 0 saturated carbocycles. The lowest BCUT2D eigenvalue weighted by molar-refractivity contribution is -0.117. The van der Waals surface area contributed by atoms with Crippen molar-refractivity contribution in [3.8, 4) is 0 Å². The van der Waals surface area contributed by atoms with Crippen molar-refractivity contribution in [2.75, 3.05) is 31.5 Å². The highest BCUT2D eigenvalue weighted by atomic mass is 19.1. The van der Waals surface area contributed by atoms with Gasteiger partial charge in [-0.25, -0.2) is 4.39 Å². The van der Waals surface area contributed by atoms with Gasteiger partial charge in [0.05, 0.1) is 6.54 Å². The average molecular weight is 239 g/mol. The van der Waals surface area contributed by atoms with E-state index in [0.29, 0.717) is 25.3 Å². The Morgan fingerprint density at radius 3 is 2.59 bits per heavy atom. The van der Waals surface area contributed by atoms with Gasteiger partial charge in [-0.1, -0.05) is 6.92 Å². The van der Waals surface area contributed by atoms with Crippen molar-refractivity contribution in [1.82, 2.24) is 4.90 Å². The predicted molar refractivity (Wildman–Crippen MR) is 66.2 cm³/mol. The van der Waals surface area contributed by atoms with E-state index in [1.165, 1.54) is 24.3 Å². The lowest BCUT2D eigenvalue weighted by Gasteiger charge is -2.18. The van der Waals surface area contributed by atoms with Gasteiger partial charge in [0.1, 0.15) is 5.82 Å². The third-order valence-corrected chi connectivity index (χ3v) is 2.39. The Morgan fingerprint density at radius 1 is 1.41 bits per heavy atom. The zero-order chi connectivity index (χ0) is 12.7. The van der Waals surface area contributed by atoms with Crippen LogP contribution in [0.2, 0.25) is 0 Å². The normalized spacial score (nSPS) is 10.6. The second-order valence-electron chi connectivity index (χ2n) is 3.71. The second kappa shape index (κ2) is 6.98. The summed E-state index contributed by atoms with van der Waals surface area (Å²) in [5, 5.41) is 2.70. The van der Waals surface area contributed by atoms with Crippen molar-refractivity contribution in [2.45, 2.75) is 6.92 Å². The molecule has 0 fully saturated rings. The number of halogens is 1. The first-order valence-corrected chi connectivity index (χ1v) is 5.63. The molecule has 0 saturated heterocycles.